The zero-order chi connectivity index (χ0) is 15.1. The molecule has 0 aliphatic heterocycles. The Balaban J connectivity index is 3.29. The van der Waals surface area contributed by atoms with E-state index in [-0.39, 0.29) is 36.2 Å². The van der Waals surface area contributed by atoms with Crippen molar-refractivity contribution >= 4 is 23.3 Å². The average Bonchev–Trinajstić information content (AvgIpc) is 2.44. The lowest BCUT2D eigenvalue weighted by atomic mass is 10.1. The largest absolute Gasteiger partial charge is 0.493 e. The van der Waals surface area contributed by atoms with Crippen molar-refractivity contribution in [2.75, 3.05) is 26.2 Å². The monoisotopic (exact) mass is 303 g/mol. The Kier molecular flexibility index (Phi) is 6.05. The maximum Gasteiger partial charge on any atom is 0.345 e. The SMILES string of the molecule is CCOC(=O)c1cc(OC)c(OCCCl)cc1[N+](=O)[O-]. The predicted molar refractivity (Wildman–Crippen MR) is 71.8 cm³/mol. The molecule has 8 heteroatoms. The van der Waals surface area contributed by atoms with Gasteiger partial charge in [0.25, 0.3) is 5.69 Å². The lowest BCUT2D eigenvalue weighted by Crippen LogP contribution is -2.09. The van der Waals surface area contributed by atoms with Crippen LogP contribution in [0.5, 0.6) is 11.5 Å². The standard InChI is InChI=1S/C12H14ClNO6/c1-3-19-12(15)8-6-10(18-2)11(20-5-4-13)7-9(8)14(16)17/h6-7H,3-5H2,1-2H3. The smallest absolute Gasteiger partial charge is 0.345 e. The Morgan fingerprint density at radius 2 is 2.10 bits per heavy atom. The summed E-state index contributed by atoms with van der Waals surface area (Å²) in [5, 5.41) is 11.0. The van der Waals surface area contributed by atoms with Crippen molar-refractivity contribution in [2.45, 2.75) is 6.92 Å². The maximum absolute atomic E-state index is 11.7. The summed E-state index contributed by atoms with van der Waals surface area (Å²) in [6.45, 7) is 1.88. The lowest BCUT2D eigenvalue weighted by Gasteiger charge is -2.11. The van der Waals surface area contributed by atoms with Crippen LogP contribution in [0.25, 0.3) is 0 Å². The molecule has 0 radical (unpaired) electrons. The number of carbonyl (C=O) groups is 1. The zero-order valence-electron chi connectivity index (χ0n) is 11.1. The van der Waals surface area contributed by atoms with Gasteiger partial charge in [-0.1, -0.05) is 0 Å². The molecule has 0 fully saturated rings. The van der Waals surface area contributed by atoms with Crippen LogP contribution in [0.2, 0.25) is 0 Å². The summed E-state index contributed by atoms with van der Waals surface area (Å²) in [6.07, 6.45) is 0. The average molecular weight is 304 g/mol. The third-order valence-electron chi connectivity index (χ3n) is 2.31. The van der Waals surface area contributed by atoms with Crippen molar-refractivity contribution in [3.8, 4) is 11.5 Å². The van der Waals surface area contributed by atoms with E-state index in [1.54, 1.807) is 6.92 Å². The zero-order valence-corrected chi connectivity index (χ0v) is 11.8. The van der Waals surface area contributed by atoms with E-state index in [2.05, 4.69) is 0 Å². The summed E-state index contributed by atoms with van der Waals surface area (Å²) in [6, 6.07) is 2.34. The van der Waals surface area contributed by atoms with Crippen molar-refractivity contribution in [3.05, 3.63) is 27.8 Å². The molecule has 1 aromatic rings. The summed E-state index contributed by atoms with van der Waals surface area (Å²) in [5.41, 5.74) is -0.597. The van der Waals surface area contributed by atoms with E-state index in [1.165, 1.54) is 13.2 Å². The predicted octanol–water partition coefficient (Wildman–Crippen LogP) is 2.40. The molecule has 110 valence electrons. The molecule has 0 saturated heterocycles. The van der Waals surface area contributed by atoms with Gasteiger partial charge in [0, 0.05) is 6.07 Å². The van der Waals surface area contributed by atoms with E-state index in [0.717, 1.165) is 6.07 Å². The molecule has 0 heterocycles. The minimum Gasteiger partial charge on any atom is -0.493 e. The van der Waals surface area contributed by atoms with Gasteiger partial charge in [-0.2, -0.15) is 0 Å². The number of ether oxygens (including phenoxy) is 3. The second-order valence-electron chi connectivity index (χ2n) is 3.54. The van der Waals surface area contributed by atoms with Crippen LogP contribution in [0.15, 0.2) is 12.1 Å². The summed E-state index contributed by atoms with van der Waals surface area (Å²) in [7, 11) is 1.36. The quantitative estimate of drug-likeness (QED) is 0.332. The van der Waals surface area contributed by atoms with Gasteiger partial charge in [0.05, 0.1) is 30.6 Å². The van der Waals surface area contributed by atoms with Crippen LogP contribution >= 0.6 is 11.6 Å². The van der Waals surface area contributed by atoms with Gasteiger partial charge < -0.3 is 14.2 Å². The van der Waals surface area contributed by atoms with Gasteiger partial charge in [-0.05, 0) is 6.92 Å². The van der Waals surface area contributed by atoms with Gasteiger partial charge in [-0.25, -0.2) is 4.79 Å². The molecular weight excluding hydrogens is 290 g/mol. The topological polar surface area (TPSA) is 87.9 Å². The van der Waals surface area contributed by atoms with E-state index in [9.17, 15) is 14.9 Å². The van der Waals surface area contributed by atoms with Gasteiger partial charge >= 0.3 is 5.97 Å². The number of carbonyl (C=O) groups excluding carboxylic acids is 1. The third-order valence-corrected chi connectivity index (χ3v) is 2.46. The molecule has 0 amide bonds. The van der Waals surface area contributed by atoms with E-state index in [0.29, 0.717) is 0 Å². The highest BCUT2D eigenvalue weighted by atomic mass is 35.5. The Morgan fingerprint density at radius 3 is 2.60 bits per heavy atom. The van der Waals surface area contributed by atoms with Crippen molar-refractivity contribution in [1.29, 1.82) is 0 Å². The van der Waals surface area contributed by atoms with Crippen molar-refractivity contribution in [1.82, 2.24) is 0 Å². The van der Waals surface area contributed by atoms with Crippen LogP contribution in [0, 0.1) is 10.1 Å². The van der Waals surface area contributed by atoms with Crippen molar-refractivity contribution < 1.29 is 23.9 Å². The van der Waals surface area contributed by atoms with Crippen LogP contribution < -0.4 is 9.47 Å². The third kappa shape index (κ3) is 3.74. The molecule has 20 heavy (non-hydrogen) atoms. The van der Waals surface area contributed by atoms with Crippen LogP contribution in [-0.4, -0.2) is 37.1 Å². The number of esters is 1. The molecular formula is C12H14ClNO6. The molecule has 0 N–H and O–H groups in total. The van der Waals surface area contributed by atoms with Crippen molar-refractivity contribution in [2.24, 2.45) is 0 Å². The fourth-order valence-electron chi connectivity index (χ4n) is 1.49. The van der Waals surface area contributed by atoms with Crippen LogP contribution in [-0.2, 0) is 4.74 Å². The molecule has 0 aromatic heterocycles. The number of nitro groups is 1. The summed E-state index contributed by atoms with van der Waals surface area (Å²) < 4.78 is 15.1. The van der Waals surface area contributed by atoms with Gasteiger partial charge in [0.1, 0.15) is 12.2 Å². The van der Waals surface area contributed by atoms with Crippen LogP contribution in [0.4, 0.5) is 5.69 Å². The Labute approximate surface area is 120 Å². The first-order valence-electron chi connectivity index (χ1n) is 5.77. The summed E-state index contributed by atoms with van der Waals surface area (Å²) in [4.78, 5) is 22.1. The molecule has 7 nitrogen and oxygen atoms in total. The number of nitro benzene ring substituents is 1. The Bertz CT molecular complexity index is 505. The van der Waals surface area contributed by atoms with Crippen LogP contribution in [0.3, 0.4) is 0 Å². The highest BCUT2D eigenvalue weighted by Gasteiger charge is 2.25. The van der Waals surface area contributed by atoms with Crippen LogP contribution in [0.1, 0.15) is 17.3 Å². The number of alkyl halides is 1. The number of methoxy groups -OCH3 is 1. The minimum absolute atomic E-state index is 0.114. The molecule has 0 saturated carbocycles. The van der Waals surface area contributed by atoms with Gasteiger partial charge in [0.2, 0.25) is 0 Å². The van der Waals surface area contributed by atoms with Gasteiger partial charge in [-0.15, -0.1) is 11.6 Å². The Hall–Kier alpha value is -2.02. The molecule has 1 rings (SSSR count). The number of nitrogens with zero attached hydrogens (tertiary/aromatic N) is 1. The van der Waals surface area contributed by atoms with E-state index >= 15 is 0 Å². The van der Waals surface area contributed by atoms with Gasteiger partial charge in [-0.3, -0.25) is 10.1 Å². The molecule has 0 atom stereocenters. The summed E-state index contributed by atoms with van der Waals surface area (Å²) >= 11 is 5.50. The molecule has 0 bridgehead atoms. The number of hydrogen-bond acceptors (Lipinski definition) is 6. The van der Waals surface area contributed by atoms with Gasteiger partial charge in [0.15, 0.2) is 11.5 Å². The normalized spacial score (nSPS) is 9.95. The highest BCUT2D eigenvalue weighted by Crippen LogP contribution is 2.35. The highest BCUT2D eigenvalue weighted by molar-refractivity contribution is 6.18. The van der Waals surface area contributed by atoms with Crippen molar-refractivity contribution in [3.63, 3.8) is 0 Å². The second kappa shape index (κ2) is 7.54. The van der Waals surface area contributed by atoms with E-state index < -0.39 is 16.6 Å². The molecule has 0 aliphatic rings. The fraction of sp³-hybridized carbons (Fsp3) is 0.417. The first-order valence-corrected chi connectivity index (χ1v) is 6.30. The lowest BCUT2D eigenvalue weighted by molar-refractivity contribution is -0.385. The van der Waals surface area contributed by atoms with E-state index in [4.69, 9.17) is 25.8 Å². The number of halogens is 1. The number of benzene rings is 1. The maximum atomic E-state index is 11.7. The minimum atomic E-state index is -0.790. The van der Waals surface area contributed by atoms with E-state index in [1.807, 2.05) is 0 Å². The molecule has 1 aromatic carbocycles. The molecule has 0 aliphatic carbocycles. The fourth-order valence-corrected chi connectivity index (χ4v) is 1.57. The molecule has 0 spiro atoms. The second-order valence-corrected chi connectivity index (χ2v) is 3.91. The first kappa shape index (κ1) is 16.0. The number of rotatable bonds is 7. The molecule has 0 unspecified atom stereocenters. The summed E-state index contributed by atoms with van der Waals surface area (Å²) in [5.74, 6) is -0.227. The first-order chi connectivity index (χ1) is 9.54. The number of hydrogen-bond donors (Lipinski definition) is 0. The Morgan fingerprint density at radius 1 is 1.40 bits per heavy atom.